The number of furan rings is 1. The molecule has 2 aliphatic rings. The highest BCUT2D eigenvalue weighted by atomic mass is 16.3. The molecule has 3 nitrogen and oxygen atoms in total. The first kappa shape index (κ1) is 42.7. The number of nitrogens with zero attached hydrogens (tertiary/aromatic N) is 2. The van der Waals surface area contributed by atoms with Gasteiger partial charge in [-0.15, -0.1) is 0 Å². The summed E-state index contributed by atoms with van der Waals surface area (Å²) in [5.41, 5.74) is 22.5. The van der Waals surface area contributed by atoms with Gasteiger partial charge in [-0.2, -0.15) is 0 Å². The number of rotatable bonds is 9. The predicted octanol–water partition coefficient (Wildman–Crippen LogP) is 18.9. The van der Waals surface area contributed by atoms with Crippen molar-refractivity contribution >= 4 is 56.1 Å². The Bertz CT molecular complexity index is 4030. The van der Waals surface area contributed by atoms with E-state index in [9.17, 15) is 0 Å². The van der Waals surface area contributed by atoms with Crippen molar-refractivity contribution in [2.75, 3.05) is 9.80 Å². The highest BCUT2D eigenvalue weighted by Gasteiger charge is 2.46. The van der Waals surface area contributed by atoms with Crippen molar-refractivity contribution < 1.29 is 4.42 Å². The van der Waals surface area contributed by atoms with Gasteiger partial charge in [0.25, 0.3) is 0 Å². The molecule has 0 N–H and O–H groups in total. The molecule has 0 bridgehead atoms. The van der Waals surface area contributed by atoms with E-state index in [0.717, 1.165) is 56.1 Å². The Balaban J connectivity index is 0.998. The molecular formula is C70H50N2O. The Labute approximate surface area is 426 Å². The zero-order valence-electron chi connectivity index (χ0n) is 40.7. The molecular weight excluding hydrogens is 885 g/mol. The van der Waals surface area contributed by atoms with Crippen molar-refractivity contribution in [3.05, 3.63) is 300 Å². The lowest BCUT2D eigenvalue weighted by Gasteiger charge is -2.35. The quantitative estimate of drug-likeness (QED) is 0.144. The predicted molar refractivity (Wildman–Crippen MR) is 303 cm³/mol. The first-order valence-corrected chi connectivity index (χ1v) is 25.3. The molecule has 3 heteroatoms. The van der Waals surface area contributed by atoms with Crippen molar-refractivity contribution in [2.45, 2.75) is 24.7 Å². The molecule has 0 spiro atoms. The second kappa shape index (κ2) is 16.7. The van der Waals surface area contributed by atoms with E-state index in [0.29, 0.717) is 0 Å². The lowest BCUT2D eigenvalue weighted by Crippen LogP contribution is -2.28. The van der Waals surface area contributed by atoms with Crippen LogP contribution in [0.5, 0.6) is 0 Å². The lowest BCUT2D eigenvalue weighted by atomic mass is 9.67. The SMILES string of the molecule is CC1(C)c2ccccc2-c2cc(N(c3ccc(-c4ccccc4)cc3)c3cccc(N(c4cccc(C5(c6ccccc6)c6ccccc6-c6ccccc65)c4)c4cccc5oc6ccccc6c45)c3)ccc21. The Morgan fingerprint density at radius 2 is 0.808 bits per heavy atom. The van der Waals surface area contributed by atoms with E-state index in [1.54, 1.807) is 0 Å². The summed E-state index contributed by atoms with van der Waals surface area (Å²) >= 11 is 0. The van der Waals surface area contributed by atoms with Gasteiger partial charge in [0.2, 0.25) is 0 Å². The average Bonchev–Trinajstić information content (AvgIpc) is 4.06. The molecule has 14 rings (SSSR count). The molecule has 346 valence electrons. The number of fused-ring (bicyclic) bond motifs is 9. The van der Waals surface area contributed by atoms with Crippen LogP contribution < -0.4 is 9.80 Å². The molecule has 0 aliphatic heterocycles. The van der Waals surface area contributed by atoms with E-state index in [-0.39, 0.29) is 5.41 Å². The Hall–Kier alpha value is -9.18. The molecule has 0 radical (unpaired) electrons. The van der Waals surface area contributed by atoms with Crippen LogP contribution in [0.1, 0.15) is 47.2 Å². The van der Waals surface area contributed by atoms with Gasteiger partial charge in [-0.1, -0.05) is 208 Å². The molecule has 0 fully saturated rings. The maximum absolute atomic E-state index is 6.63. The molecule has 11 aromatic carbocycles. The van der Waals surface area contributed by atoms with Crippen LogP contribution in [-0.2, 0) is 10.8 Å². The van der Waals surface area contributed by atoms with E-state index in [1.165, 1.54) is 66.8 Å². The smallest absolute Gasteiger partial charge is 0.137 e. The minimum Gasteiger partial charge on any atom is -0.456 e. The average molecular weight is 935 g/mol. The molecule has 1 aromatic heterocycles. The first-order valence-electron chi connectivity index (χ1n) is 25.3. The Kier molecular flexibility index (Phi) is 9.78. The minimum atomic E-state index is -0.574. The van der Waals surface area contributed by atoms with Gasteiger partial charge in [0.15, 0.2) is 0 Å². The van der Waals surface area contributed by atoms with E-state index >= 15 is 0 Å². The van der Waals surface area contributed by atoms with Gasteiger partial charge in [0.1, 0.15) is 11.2 Å². The van der Waals surface area contributed by atoms with Crippen LogP contribution in [0.4, 0.5) is 34.1 Å². The molecule has 73 heavy (non-hydrogen) atoms. The van der Waals surface area contributed by atoms with Crippen LogP contribution in [0.25, 0.3) is 55.3 Å². The molecule has 1 heterocycles. The molecule has 0 unspecified atom stereocenters. The summed E-state index contributed by atoms with van der Waals surface area (Å²) in [4.78, 5) is 4.87. The Morgan fingerprint density at radius 3 is 1.53 bits per heavy atom. The van der Waals surface area contributed by atoms with Gasteiger partial charge in [0.05, 0.1) is 16.5 Å². The van der Waals surface area contributed by atoms with Gasteiger partial charge in [0, 0.05) is 39.2 Å². The summed E-state index contributed by atoms with van der Waals surface area (Å²) < 4.78 is 6.63. The normalized spacial score (nSPS) is 13.6. The maximum Gasteiger partial charge on any atom is 0.137 e. The van der Waals surface area contributed by atoms with Crippen LogP contribution in [0, 0.1) is 0 Å². The summed E-state index contributed by atoms with van der Waals surface area (Å²) in [6.07, 6.45) is 0. The largest absolute Gasteiger partial charge is 0.456 e. The van der Waals surface area contributed by atoms with E-state index < -0.39 is 5.41 Å². The topological polar surface area (TPSA) is 19.6 Å². The van der Waals surface area contributed by atoms with E-state index in [2.05, 4.69) is 291 Å². The number of hydrogen-bond acceptors (Lipinski definition) is 3. The van der Waals surface area contributed by atoms with Crippen molar-refractivity contribution in [2.24, 2.45) is 0 Å². The van der Waals surface area contributed by atoms with E-state index in [1.807, 2.05) is 0 Å². The third-order valence-electron chi connectivity index (χ3n) is 15.7. The maximum atomic E-state index is 6.63. The second-order valence-corrected chi connectivity index (χ2v) is 20.0. The number of hydrogen-bond donors (Lipinski definition) is 0. The van der Waals surface area contributed by atoms with Crippen molar-refractivity contribution in [3.63, 3.8) is 0 Å². The first-order chi connectivity index (χ1) is 36.0. The van der Waals surface area contributed by atoms with Crippen LogP contribution in [0.15, 0.2) is 271 Å². The standard InChI is InChI=1S/C70H50N2O/c1-69(2)61-32-13-9-30-58(61)60-46-55(42-43-62(60)69)71(51-40-38-48(39-41-51)47-20-5-3-6-21-47)53-26-18-27-54(45-53)72(65-35-19-37-67-68(65)59-31-12-16-36-66(59)73-67)52-25-17-24-50(44-52)70(49-22-7-4-8-23-49)63-33-14-10-28-56(63)57-29-11-15-34-64(57)70/h3-46H,1-2H3. The van der Waals surface area contributed by atoms with E-state index in [4.69, 9.17) is 4.42 Å². The van der Waals surface area contributed by atoms with Crippen LogP contribution in [0.2, 0.25) is 0 Å². The fourth-order valence-electron chi connectivity index (χ4n) is 12.5. The zero-order chi connectivity index (χ0) is 48.7. The van der Waals surface area contributed by atoms with Crippen LogP contribution in [0.3, 0.4) is 0 Å². The highest BCUT2D eigenvalue weighted by molar-refractivity contribution is 6.13. The molecule has 0 atom stereocenters. The summed E-state index contributed by atoms with van der Waals surface area (Å²) in [7, 11) is 0. The number of benzene rings is 11. The fraction of sp³-hybridized carbons (Fsp3) is 0.0571. The molecule has 0 saturated carbocycles. The fourth-order valence-corrected chi connectivity index (χ4v) is 12.5. The minimum absolute atomic E-state index is 0.110. The van der Waals surface area contributed by atoms with Crippen LogP contribution in [-0.4, -0.2) is 0 Å². The summed E-state index contributed by atoms with van der Waals surface area (Å²) in [5.74, 6) is 0. The van der Waals surface area contributed by atoms with Crippen molar-refractivity contribution in [1.29, 1.82) is 0 Å². The van der Waals surface area contributed by atoms with Gasteiger partial charge >= 0.3 is 0 Å². The molecule has 0 saturated heterocycles. The van der Waals surface area contributed by atoms with Gasteiger partial charge in [-0.05, 0) is 140 Å². The van der Waals surface area contributed by atoms with Crippen molar-refractivity contribution in [1.82, 2.24) is 0 Å². The van der Waals surface area contributed by atoms with Gasteiger partial charge in [-0.25, -0.2) is 0 Å². The summed E-state index contributed by atoms with van der Waals surface area (Å²) in [6.45, 7) is 4.69. The molecule has 12 aromatic rings. The van der Waals surface area contributed by atoms with Gasteiger partial charge < -0.3 is 14.2 Å². The number of anilines is 6. The molecule has 0 amide bonds. The number of para-hydroxylation sites is 1. The zero-order valence-corrected chi connectivity index (χ0v) is 40.7. The lowest BCUT2D eigenvalue weighted by molar-refractivity contribution is 0.660. The van der Waals surface area contributed by atoms with Crippen LogP contribution >= 0.6 is 0 Å². The molecule has 2 aliphatic carbocycles. The second-order valence-electron chi connectivity index (χ2n) is 20.0. The van der Waals surface area contributed by atoms with Gasteiger partial charge in [-0.3, -0.25) is 0 Å². The monoisotopic (exact) mass is 934 g/mol. The summed E-state index contributed by atoms with van der Waals surface area (Å²) in [5, 5.41) is 2.14. The highest BCUT2D eigenvalue weighted by Crippen LogP contribution is 2.57. The van der Waals surface area contributed by atoms with Crippen molar-refractivity contribution in [3.8, 4) is 33.4 Å². The third kappa shape index (κ3) is 6.59. The summed E-state index contributed by atoms with van der Waals surface area (Å²) in [6, 6.07) is 97.8. The third-order valence-corrected chi connectivity index (χ3v) is 15.7. The Morgan fingerprint density at radius 1 is 0.315 bits per heavy atom.